The fourth-order valence-electron chi connectivity index (χ4n) is 2.75. The van der Waals surface area contributed by atoms with Crippen molar-refractivity contribution in [3.8, 4) is 0 Å². The average Bonchev–Trinajstić information content (AvgIpc) is 2.76. The first-order chi connectivity index (χ1) is 16.5. The summed E-state index contributed by atoms with van der Waals surface area (Å²) < 4.78 is 78.6. The molecule has 0 saturated carbocycles. The Morgan fingerprint density at radius 3 is 1.94 bits per heavy atom. The Morgan fingerprint density at radius 1 is 0.944 bits per heavy atom. The minimum Gasteiger partial charge on any atom is -0.339 e. The van der Waals surface area contributed by atoms with E-state index in [1.165, 1.54) is 30.3 Å². The Bertz CT molecular complexity index is 1150. The molecular formula is C23H17Cl3F6N2O2. The van der Waals surface area contributed by atoms with Gasteiger partial charge in [-0.3, -0.25) is 9.59 Å². The Hall–Kier alpha value is -2.69. The summed E-state index contributed by atoms with van der Waals surface area (Å²) in [4.78, 5) is 24.0. The fraction of sp³-hybridized carbons (Fsp3) is 0.217. The van der Waals surface area contributed by atoms with Crippen LogP contribution in [-0.2, 0) is 4.79 Å². The van der Waals surface area contributed by atoms with Crippen molar-refractivity contribution < 1.29 is 35.9 Å². The number of carbonyl (C=O) groups is 2. The molecule has 4 nitrogen and oxygen atoms in total. The molecule has 2 amide bonds. The molecule has 0 heterocycles. The molecule has 13 heteroatoms. The summed E-state index contributed by atoms with van der Waals surface area (Å²) in [5, 5.41) is 3.36. The second kappa shape index (κ2) is 11.6. The lowest BCUT2D eigenvalue weighted by Gasteiger charge is -2.18. The smallest absolute Gasteiger partial charge is 0.339 e. The van der Waals surface area contributed by atoms with Crippen molar-refractivity contribution in [2.45, 2.75) is 31.2 Å². The molecule has 0 bridgehead atoms. The van der Waals surface area contributed by atoms with Crippen LogP contribution in [0.4, 0.5) is 26.3 Å². The number of rotatable bonds is 7. The first-order valence-corrected chi connectivity index (χ1v) is 11.0. The SMILES string of the molecule is C=C(NC(=O)c1ccc(C=CC(c2cc(Cl)c(Cl)c(Cl)c2)C(F)(F)F)cc1)C(=O)NC(C)C(F)(F)F. The van der Waals surface area contributed by atoms with Crippen LogP contribution in [0.5, 0.6) is 0 Å². The standard InChI is InChI=1S/C23H17Cl3F6N2O2/c1-11(20(35)34-12(2)22(27,28)29)33-21(36)14-6-3-13(4-7-14)5-8-16(23(30,31)32)15-9-17(24)19(26)18(25)10-15/h3-10,12,16H,1H2,2H3,(H,33,36)(H,34,35). The quantitative estimate of drug-likeness (QED) is 0.207. The first-order valence-electron chi connectivity index (χ1n) is 9.88. The van der Waals surface area contributed by atoms with Crippen LogP contribution in [0.3, 0.4) is 0 Å². The average molecular weight is 574 g/mol. The van der Waals surface area contributed by atoms with Crippen molar-refractivity contribution in [3.05, 3.63) is 86.5 Å². The van der Waals surface area contributed by atoms with Crippen LogP contribution in [0.1, 0.15) is 34.3 Å². The lowest BCUT2D eigenvalue weighted by Crippen LogP contribution is -2.45. The number of hydrogen-bond donors (Lipinski definition) is 2. The van der Waals surface area contributed by atoms with Crippen molar-refractivity contribution in [3.63, 3.8) is 0 Å². The van der Waals surface area contributed by atoms with E-state index in [0.717, 1.165) is 25.1 Å². The molecule has 2 aromatic rings. The van der Waals surface area contributed by atoms with E-state index in [2.05, 4.69) is 11.9 Å². The van der Waals surface area contributed by atoms with E-state index >= 15 is 0 Å². The lowest BCUT2D eigenvalue weighted by atomic mass is 9.97. The maximum absolute atomic E-state index is 13.6. The normalized spacial score (nSPS) is 13.8. The Balaban J connectivity index is 2.13. The van der Waals surface area contributed by atoms with Crippen LogP contribution in [0, 0.1) is 0 Å². The maximum Gasteiger partial charge on any atom is 0.408 e. The van der Waals surface area contributed by atoms with Crippen LogP contribution in [0.15, 0.2) is 54.8 Å². The van der Waals surface area contributed by atoms with Gasteiger partial charge in [-0.1, -0.05) is 65.7 Å². The van der Waals surface area contributed by atoms with E-state index in [9.17, 15) is 35.9 Å². The summed E-state index contributed by atoms with van der Waals surface area (Å²) in [5.74, 6) is -4.15. The largest absolute Gasteiger partial charge is 0.408 e. The van der Waals surface area contributed by atoms with Gasteiger partial charge in [0.15, 0.2) is 0 Å². The van der Waals surface area contributed by atoms with E-state index in [-0.39, 0.29) is 26.2 Å². The second-order valence-electron chi connectivity index (χ2n) is 7.47. The van der Waals surface area contributed by atoms with E-state index in [1.807, 2.05) is 0 Å². The number of nitrogens with one attached hydrogen (secondary N) is 2. The number of allylic oxidation sites excluding steroid dienone is 1. The highest BCUT2D eigenvalue weighted by atomic mass is 35.5. The highest BCUT2D eigenvalue weighted by Gasteiger charge is 2.39. The molecule has 0 aliphatic heterocycles. The monoisotopic (exact) mass is 572 g/mol. The topological polar surface area (TPSA) is 58.2 Å². The summed E-state index contributed by atoms with van der Waals surface area (Å²) in [6, 6.07) is 5.11. The molecule has 0 spiro atoms. The van der Waals surface area contributed by atoms with Crippen LogP contribution in [0.25, 0.3) is 6.08 Å². The van der Waals surface area contributed by atoms with Crippen molar-refractivity contribution in [1.82, 2.24) is 10.6 Å². The van der Waals surface area contributed by atoms with Crippen molar-refractivity contribution in [1.29, 1.82) is 0 Å². The van der Waals surface area contributed by atoms with E-state index < -0.39 is 41.8 Å². The van der Waals surface area contributed by atoms with Gasteiger partial charge in [0.1, 0.15) is 6.04 Å². The molecule has 0 radical (unpaired) electrons. The third-order valence-electron chi connectivity index (χ3n) is 4.75. The summed E-state index contributed by atoms with van der Waals surface area (Å²) in [7, 11) is 0. The highest BCUT2D eigenvalue weighted by molar-refractivity contribution is 6.48. The van der Waals surface area contributed by atoms with Crippen LogP contribution in [0.2, 0.25) is 15.1 Å². The Kier molecular flexibility index (Phi) is 9.50. The molecule has 0 fully saturated rings. The van der Waals surface area contributed by atoms with Crippen molar-refractivity contribution >= 4 is 52.7 Å². The minimum atomic E-state index is -4.68. The van der Waals surface area contributed by atoms with Gasteiger partial charge >= 0.3 is 12.4 Å². The molecular weight excluding hydrogens is 557 g/mol. The van der Waals surface area contributed by atoms with Gasteiger partial charge in [-0.05, 0) is 42.3 Å². The van der Waals surface area contributed by atoms with Gasteiger partial charge in [-0.2, -0.15) is 26.3 Å². The Morgan fingerprint density at radius 2 is 1.47 bits per heavy atom. The molecule has 0 saturated heterocycles. The van der Waals surface area contributed by atoms with Gasteiger partial charge in [0.2, 0.25) is 0 Å². The lowest BCUT2D eigenvalue weighted by molar-refractivity contribution is -0.156. The van der Waals surface area contributed by atoms with Gasteiger partial charge in [0.05, 0.1) is 26.7 Å². The molecule has 2 N–H and O–H groups in total. The van der Waals surface area contributed by atoms with Crippen LogP contribution in [-0.4, -0.2) is 30.2 Å². The number of carbonyl (C=O) groups excluding carboxylic acids is 2. The summed E-state index contributed by atoms with van der Waals surface area (Å²) >= 11 is 17.5. The molecule has 0 aliphatic rings. The van der Waals surface area contributed by atoms with E-state index in [1.54, 1.807) is 5.32 Å². The zero-order valence-corrected chi connectivity index (χ0v) is 20.5. The van der Waals surface area contributed by atoms with Gasteiger partial charge < -0.3 is 10.6 Å². The van der Waals surface area contributed by atoms with Gasteiger partial charge in [0.25, 0.3) is 11.8 Å². The van der Waals surface area contributed by atoms with Crippen LogP contribution < -0.4 is 10.6 Å². The predicted molar refractivity (Wildman–Crippen MR) is 126 cm³/mol. The van der Waals surface area contributed by atoms with Gasteiger partial charge in [-0.15, -0.1) is 0 Å². The second-order valence-corrected chi connectivity index (χ2v) is 8.66. The van der Waals surface area contributed by atoms with E-state index in [4.69, 9.17) is 34.8 Å². The third-order valence-corrected chi connectivity index (χ3v) is 5.95. The van der Waals surface area contributed by atoms with Crippen LogP contribution >= 0.6 is 34.8 Å². The van der Waals surface area contributed by atoms with Gasteiger partial charge in [0, 0.05) is 5.56 Å². The molecule has 2 unspecified atom stereocenters. The molecule has 194 valence electrons. The number of amides is 2. The molecule has 2 atom stereocenters. The van der Waals surface area contributed by atoms with Crippen molar-refractivity contribution in [2.75, 3.05) is 0 Å². The zero-order valence-electron chi connectivity index (χ0n) is 18.2. The molecule has 36 heavy (non-hydrogen) atoms. The third kappa shape index (κ3) is 7.91. The summed E-state index contributed by atoms with van der Waals surface area (Å²) in [6.07, 6.45) is -7.32. The fourth-order valence-corrected chi connectivity index (χ4v) is 3.36. The minimum absolute atomic E-state index is 0.0198. The number of hydrogen-bond acceptors (Lipinski definition) is 2. The number of benzene rings is 2. The van der Waals surface area contributed by atoms with Crippen molar-refractivity contribution in [2.24, 2.45) is 0 Å². The predicted octanol–water partition coefficient (Wildman–Crippen LogP) is 7.32. The molecule has 2 rings (SSSR count). The first kappa shape index (κ1) is 29.5. The molecule has 2 aromatic carbocycles. The van der Waals surface area contributed by atoms with E-state index in [0.29, 0.717) is 5.56 Å². The summed E-state index contributed by atoms with van der Waals surface area (Å²) in [6.45, 7) is 3.96. The van der Waals surface area contributed by atoms with Gasteiger partial charge in [-0.25, -0.2) is 0 Å². The molecule has 0 aliphatic carbocycles. The zero-order chi connectivity index (χ0) is 27.4. The molecule has 0 aromatic heterocycles. The number of halogens is 9. The highest BCUT2D eigenvalue weighted by Crippen LogP contribution is 2.41. The number of alkyl halides is 6. The Labute approximate surface area is 216 Å². The maximum atomic E-state index is 13.6. The summed E-state index contributed by atoms with van der Waals surface area (Å²) in [5.41, 5.74) is -0.574.